The second kappa shape index (κ2) is 5.99. The lowest BCUT2D eigenvalue weighted by atomic mass is 10.0. The number of fused-ring (bicyclic) bond motifs is 1. The third-order valence-electron chi connectivity index (χ3n) is 4.20. The highest BCUT2D eigenvalue weighted by Gasteiger charge is 2.28. The highest BCUT2D eigenvalue weighted by Crippen LogP contribution is 2.38. The van der Waals surface area contributed by atoms with Gasteiger partial charge >= 0.3 is 0 Å². The number of hydrogen-bond acceptors (Lipinski definition) is 3. The monoisotopic (exact) mass is 299 g/mol. The Morgan fingerprint density at radius 1 is 1.00 bits per heavy atom. The maximum atomic E-state index is 9.34. The van der Waals surface area contributed by atoms with E-state index < -0.39 is 0 Å². The Labute approximate surface area is 136 Å². The summed E-state index contributed by atoms with van der Waals surface area (Å²) in [7, 11) is 0. The van der Waals surface area contributed by atoms with Gasteiger partial charge in [0.25, 0.3) is 0 Å². The summed E-state index contributed by atoms with van der Waals surface area (Å²) >= 11 is 0. The molecule has 0 aliphatic carbocycles. The molecule has 0 unspecified atom stereocenters. The van der Waals surface area contributed by atoms with Crippen LogP contribution in [0.3, 0.4) is 0 Å². The van der Waals surface area contributed by atoms with E-state index in [4.69, 9.17) is 0 Å². The van der Waals surface area contributed by atoms with Crippen LogP contribution in [0, 0.1) is 22.7 Å². The zero-order valence-electron chi connectivity index (χ0n) is 13.2. The molecule has 3 rings (SSSR count). The van der Waals surface area contributed by atoms with Crippen molar-refractivity contribution in [3.8, 4) is 12.1 Å². The Kier molecular flexibility index (Phi) is 3.87. The molecule has 0 radical (unpaired) electrons. The molecule has 1 aliphatic rings. The maximum absolute atomic E-state index is 9.34. The average Bonchev–Trinajstić information content (AvgIpc) is 2.96. The first-order valence-electron chi connectivity index (χ1n) is 7.66. The molecule has 0 saturated carbocycles. The lowest BCUT2D eigenvalue weighted by Crippen LogP contribution is -2.15. The van der Waals surface area contributed by atoms with Gasteiger partial charge in [-0.05, 0) is 29.2 Å². The Morgan fingerprint density at radius 2 is 1.65 bits per heavy atom. The summed E-state index contributed by atoms with van der Waals surface area (Å²) in [4.78, 5) is 2.05. The first-order chi connectivity index (χ1) is 11.2. The van der Waals surface area contributed by atoms with Crippen molar-refractivity contribution in [3.05, 3.63) is 70.8 Å². The summed E-state index contributed by atoms with van der Waals surface area (Å²) < 4.78 is 0. The molecular weight excluding hydrogens is 282 g/mol. The Bertz CT molecular complexity index is 830. The van der Waals surface area contributed by atoms with Gasteiger partial charge in [0.15, 0.2) is 5.57 Å². The van der Waals surface area contributed by atoms with Crippen LogP contribution in [-0.2, 0) is 6.54 Å². The fourth-order valence-electron chi connectivity index (χ4n) is 2.94. The standard InChI is InChI=1S/C20H17N3/c1-14(2)15-7-9-18(10-8-15)23-13-16-5-3-4-6-19(16)20(23)17(11-21)12-22/h3-10,14H,13H2,1-2H3. The molecule has 0 saturated heterocycles. The van der Waals surface area contributed by atoms with Gasteiger partial charge in [-0.1, -0.05) is 50.2 Å². The van der Waals surface area contributed by atoms with Gasteiger partial charge in [-0.25, -0.2) is 0 Å². The molecule has 3 nitrogen and oxygen atoms in total. The van der Waals surface area contributed by atoms with Gasteiger partial charge in [0.1, 0.15) is 12.1 Å². The third kappa shape index (κ3) is 2.58. The SMILES string of the molecule is CC(C)c1ccc(N2Cc3ccccc3C2=C(C#N)C#N)cc1. The number of nitrogens with zero attached hydrogens (tertiary/aromatic N) is 3. The van der Waals surface area contributed by atoms with Crippen LogP contribution in [0.25, 0.3) is 5.70 Å². The van der Waals surface area contributed by atoms with E-state index in [1.54, 1.807) is 0 Å². The lowest BCUT2D eigenvalue weighted by molar-refractivity contribution is 0.866. The van der Waals surface area contributed by atoms with Gasteiger partial charge in [0.05, 0.1) is 5.70 Å². The topological polar surface area (TPSA) is 50.8 Å². The van der Waals surface area contributed by atoms with Crippen molar-refractivity contribution in [2.24, 2.45) is 0 Å². The van der Waals surface area contributed by atoms with Crippen molar-refractivity contribution in [2.75, 3.05) is 4.90 Å². The van der Waals surface area contributed by atoms with Gasteiger partial charge in [-0.15, -0.1) is 0 Å². The zero-order chi connectivity index (χ0) is 16.4. The summed E-state index contributed by atoms with van der Waals surface area (Å²) in [6.45, 7) is 5.00. The van der Waals surface area contributed by atoms with Crippen molar-refractivity contribution < 1.29 is 0 Å². The van der Waals surface area contributed by atoms with E-state index in [0.717, 1.165) is 16.8 Å². The summed E-state index contributed by atoms with van der Waals surface area (Å²) in [5, 5.41) is 18.7. The molecule has 23 heavy (non-hydrogen) atoms. The molecule has 112 valence electrons. The average molecular weight is 299 g/mol. The number of allylic oxidation sites excluding steroid dienone is 1. The largest absolute Gasteiger partial charge is 0.335 e. The molecule has 1 aliphatic heterocycles. The second-order valence-corrected chi connectivity index (χ2v) is 5.94. The van der Waals surface area contributed by atoms with Crippen LogP contribution in [0.15, 0.2) is 54.1 Å². The lowest BCUT2D eigenvalue weighted by Gasteiger charge is -2.21. The van der Waals surface area contributed by atoms with Gasteiger partial charge in [-0.3, -0.25) is 0 Å². The number of hydrogen-bond donors (Lipinski definition) is 0. The van der Waals surface area contributed by atoms with Crippen molar-refractivity contribution >= 4 is 11.4 Å². The summed E-state index contributed by atoms with van der Waals surface area (Å²) in [6.07, 6.45) is 0. The van der Waals surface area contributed by atoms with E-state index in [9.17, 15) is 10.5 Å². The third-order valence-corrected chi connectivity index (χ3v) is 4.20. The van der Waals surface area contributed by atoms with E-state index in [-0.39, 0.29) is 5.57 Å². The Balaban J connectivity index is 2.11. The van der Waals surface area contributed by atoms with E-state index in [1.807, 2.05) is 36.4 Å². The summed E-state index contributed by atoms with van der Waals surface area (Å²) in [6, 6.07) is 20.4. The number of anilines is 1. The van der Waals surface area contributed by atoms with E-state index >= 15 is 0 Å². The predicted octanol–water partition coefficient (Wildman–Crippen LogP) is 4.59. The number of benzene rings is 2. The maximum Gasteiger partial charge on any atom is 0.153 e. The molecule has 0 bridgehead atoms. The van der Waals surface area contributed by atoms with Crippen molar-refractivity contribution in [1.82, 2.24) is 0 Å². The van der Waals surface area contributed by atoms with Gasteiger partial charge < -0.3 is 4.90 Å². The first kappa shape index (κ1) is 14.9. The summed E-state index contributed by atoms with van der Waals surface area (Å²) in [5.41, 5.74) is 5.25. The van der Waals surface area contributed by atoms with E-state index in [0.29, 0.717) is 18.2 Å². The minimum absolute atomic E-state index is 0.155. The van der Waals surface area contributed by atoms with Gasteiger partial charge in [0, 0.05) is 17.8 Å². The molecule has 0 aromatic heterocycles. The van der Waals surface area contributed by atoms with Crippen molar-refractivity contribution in [1.29, 1.82) is 10.5 Å². The van der Waals surface area contributed by atoms with E-state index in [1.165, 1.54) is 5.56 Å². The van der Waals surface area contributed by atoms with Gasteiger partial charge in [0.2, 0.25) is 0 Å². The van der Waals surface area contributed by atoms with Crippen LogP contribution < -0.4 is 4.90 Å². The molecule has 3 heteroatoms. The number of rotatable bonds is 2. The molecule has 2 aromatic rings. The van der Waals surface area contributed by atoms with Crippen molar-refractivity contribution in [3.63, 3.8) is 0 Å². The van der Waals surface area contributed by atoms with Crippen LogP contribution >= 0.6 is 0 Å². The molecule has 0 fully saturated rings. The minimum atomic E-state index is 0.155. The highest BCUT2D eigenvalue weighted by molar-refractivity contribution is 5.90. The molecule has 0 spiro atoms. The first-order valence-corrected chi connectivity index (χ1v) is 7.66. The minimum Gasteiger partial charge on any atom is -0.335 e. The predicted molar refractivity (Wildman–Crippen MR) is 91.3 cm³/mol. The molecule has 2 aromatic carbocycles. The molecule has 0 amide bonds. The van der Waals surface area contributed by atoms with E-state index in [2.05, 4.69) is 43.0 Å². The van der Waals surface area contributed by atoms with Crippen LogP contribution in [-0.4, -0.2) is 0 Å². The second-order valence-electron chi connectivity index (χ2n) is 5.94. The highest BCUT2D eigenvalue weighted by atomic mass is 15.2. The molecule has 0 atom stereocenters. The smallest absolute Gasteiger partial charge is 0.153 e. The van der Waals surface area contributed by atoms with Crippen LogP contribution in [0.1, 0.15) is 36.5 Å². The zero-order valence-corrected chi connectivity index (χ0v) is 13.2. The Hall–Kier alpha value is -3.04. The van der Waals surface area contributed by atoms with Crippen LogP contribution in [0.4, 0.5) is 5.69 Å². The molecule has 1 heterocycles. The summed E-state index contributed by atoms with van der Waals surface area (Å²) in [5.74, 6) is 0.476. The Morgan fingerprint density at radius 3 is 2.26 bits per heavy atom. The fraction of sp³-hybridized carbons (Fsp3) is 0.200. The van der Waals surface area contributed by atoms with Crippen LogP contribution in [0.2, 0.25) is 0 Å². The normalized spacial score (nSPS) is 12.7. The van der Waals surface area contributed by atoms with Crippen LogP contribution in [0.5, 0.6) is 0 Å². The molecular formula is C20H17N3. The quantitative estimate of drug-likeness (QED) is 0.762. The molecule has 0 N–H and O–H groups in total. The van der Waals surface area contributed by atoms with Gasteiger partial charge in [-0.2, -0.15) is 10.5 Å². The van der Waals surface area contributed by atoms with Crippen molar-refractivity contribution in [2.45, 2.75) is 26.3 Å². The number of nitriles is 2. The fourth-order valence-corrected chi connectivity index (χ4v) is 2.94.